The van der Waals surface area contributed by atoms with Gasteiger partial charge in [0, 0.05) is 55.9 Å². The highest BCUT2D eigenvalue weighted by atomic mass is 35.5. The predicted molar refractivity (Wildman–Crippen MR) is 254 cm³/mol. The minimum atomic E-state index is -4.56. The summed E-state index contributed by atoms with van der Waals surface area (Å²) in [6.07, 6.45) is -4.21. The summed E-state index contributed by atoms with van der Waals surface area (Å²) in [5.74, 6) is -1.18. The molecule has 0 aliphatic heterocycles. The first-order valence-corrected chi connectivity index (χ1v) is 26.0. The fourth-order valence-electron chi connectivity index (χ4n) is 6.27. The van der Waals surface area contributed by atoms with E-state index >= 15 is 0 Å². The number of nitrogens with zero attached hydrogens (tertiary/aromatic N) is 4. The molecule has 4 heterocycles. The minimum Gasteiger partial charge on any atom is -0.481 e. The first kappa shape index (κ1) is 55.0. The Hall–Kier alpha value is -5.96. The van der Waals surface area contributed by atoms with Crippen LogP contribution in [0.1, 0.15) is 50.2 Å². The van der Waals surface area contributed by atoms with E-state index in [1.807, 2.05) is 13.8 Å². The van der Waals surface area contributed by atoms with Crippen molar-refractivity contribution in [3.63, 3.8) is 0 Å². The Bertz CT molecular complexity index is 2840. The molecule has 22 heteroatoms. The SMILES string of the molecule is Cc1cc(OCC(C)(C)C(=O)O)ncc1-c1ccc(-c2[nH]c(C(F)(F)F)c[n+]2COCC[Si](C)(C)C)c(Cl)c1.Cc1cc(OCC(C)(C)C(=O)O)ncc1-c1ccc(-c2ncc(C(F)(F)F)[nH]2)c(Cl)c1. The molecule has 0 bridgehead atoms. The topological polar surface area (TPSA) is 176 Å². The average molecular weight is 1040 g/mol. The summed E-state index contributed by atoms with van der Waals surface area (Å²) in [5.41, 5.74) is 1.28. The number of carboxylic acid groups (broad SMARTS) is 2. The first-order valence-electron chi connectivity index (χ1n) is 21.5. The monoisotopic (exact) mass is 1040 g/mol. The number of aromatic nitrogens is 6. The third-order valence-corrected chi connectivity index (χ3v) is 13.1. The number of carbonyl (C=O) groups is 2. The van der Waals surface area contributed by atoms with Gasteiger partial charge in [-0.25, -0.2) is 24.5 Å². The fraction of sp³-hybridized carbons (Fsp3) is 0.375. The van der Waals surface area contributed by atoms with Gasteiger partial charge in [-0.15, -0.1) is 0 Å². The second kappa shape index (κ2) is 21.6. The Morgan fingerprint density at radius 3 is 1.54 bits per heavy atom. The molecule has 6 aromatic rings. The zero-order chi connectivity index (χ0) is 52.1. The standard InChI is InChI=1S/C27H33ClF3N3O4Si.C21H19ClF3N3O3/c1-17-11-23(38-15-26(2,3)25(35)36)32-13-20(17)18-7-8-19(21(28)12-18)24-33-22(27(29,30)31)14-34(24)16-37-9-10-39(4,5)6;1-11-6-17(31-10-20(2,3)19(29)30)26-8-14(11)12-4-5-13(15(22)7-12)18-27-9-16(28-18)21(23,24)25/h7-8,11-14H,9-10,15-16H2,1-6H3,(H,35,36);4-9H,10H2,1-3H3,(H,27,28)(H,29,30)/p+1. The molecule has 0 unspecified atom stereocenters. The van der Waals surface area contributed by atoms with Crippen molar-refractivity contribution in [1.29, 1.82) is 0 Å². The van der Waals surface area contributed by atoms with Crippen LogP contribution in [0.2, 0.25) is 35.7 Å². The van der Waals surface area contributed by atoms with Gasteiger partial charge < -0.3 is 29.4 Å². The van der Waals surface area contributed by atoms with Crippen molar-refractivity contribution >= 4 is 43.2 Å². The summed E-state index contributed by atoms with van der Waals surface area (Å²) in [6, 6.07) is 14.2. The van der Waals surface area contributed by atoms with E-state index in [1.54, 1.807) is 88.6 Å². The number of pyridine rings is 2. The van der Waals surface area contributed by atoms with Gasteiger partial charge in [-0.2, -0.15) is 26.3 Å². The number of benzene rings is 2. The highest BCUT2D eigenvalue weighted by Gasteiger charge is 2.40. The van der Waals surface area contributed by atoms with Crippen molar-refractivity contribution in [3.8, 4) is 56.8 Å². The number of hydrogen-bond acceptors (Lipinski definition) is 8. The van der Waals surface area contributed by atoms with E-state index in [4.69, 9.17) is 42.5 Å². The van der Waals surface area contributed by atoms with Gasteiger partial charge in [-0.3, -0.25) is 9.59 Å². The number of aryl methyl sites for hydroxylation is 2. The van der Waals surface area contributed by atoms with E-state index < -0.39 is 54.6 Å². The Kier molecular flexibility index (Phi) is 16.9. The molecular formula is C48H53Cl2F6N6O7Si+. The molecule has 0 fully saturated rings. The lowest BCUT2D eigenvalue weighted by Crippen LogP contribution is -2.36. The summed E-state index contributed by atoms with van der Waals surface area (Å²) in [6.45, 7) is 16.8. The fourth-order valence-corrected chi connectivity index (χ4v) is 7.56. The molecule has 4 N–H and O–H groups in total. The average Bonchev–Trinajstić information content (AvgIpc) is 3.93. The summed E-state index contributed by atoms with van der Waals surface area (Å²) in [7, 11) is -1.35. The van der Waals surface area contributed by atoms with Crippen LogP contribution in [-0.4, -0.2) is 75.0 Å². The number of imidazole rings is 2. The Labute approximate surface area is 411 Å². The molecule has 376 valence electrons. The number of aliphatic carboxylic acids is 2. The number of aromatic amines is 2. The van der Waals surface area contributed by atoms with Crippen LogP contribution in [0.3, 0.4) is 0 Å². The van der Waals surface area contributed by atoms with Crippen LogP contribution < -0.4 is 14.0 Å². The van der Waals surface area contributed by atoms with Crippen LogP contribution in [0.15, 0.2) is 73.3 Å². The second-order valence-corrected chi connectivity index (χ2v) is 25.4. The zero-order valence-corrected chi connectivity index (χ0v) is 42.2. The Morgan fingerprint density at radius 2 is 1.14 bits per heavy atom. The number of alkyl halides is 6. The molecule has 0 atom stereocenters. The lowest BCUT2D eigenvalue weighted by Gasteiger charge is -2.19. The van der Waals surface area contributed by atoms with Crippen LogP contribution in [0.4, 0.5) is 26.3 Å². The molecule has 0 spiro atoms. The van der Waals surface area contributed by atoms with E-state index in [0.717, 1.165) is 40.7 Å². The van der Waals surface area contributed by atoms with Gasteiger partial charge in [-0.05, 0) is 94.1 Å². The van der Waals surface area contributed by atoms with Gasteiger partial charge in [0.1, 0.15) is 30.9 Å². The first-order chi connectivity index (χ1) is 32.4. The molecular weight excluding hydrogens is 986 g/mol. The number of nitrogens with one attached hydrogen (secondary N) is 2. The van der Waals surface area contributed by atoms with Gasteiger partial charge >= 0.3 is 24.3 Å². The summed E-state index contributed by atoms with van der Waals surface area (Å²) in [5, 5.41) is 18.9. The molecule has 2 aromatic carbocycles. The lowest BCUT2D eigenvalue weighted by atomic mass is 9.95. The van der Waals surface area contributed by atoms with Gasteiger partial charge in [-0.1, -0.05) is 55.0 Å². The van der Waals surface area contributed by atoms with Crippen molar-refractivity contribution in [2.45, 2.75) is 86.3 Å². The molecule has 70 heavy (non-hydrogen) atoms. The van der Waals surface area contributed by atoms with E-state index in [-0.39, 0.29) is 53.4 Å². The van der Waals surface area contributed by atoms with Crippen molar-refractivity contribution in [2.75, 3.05) is 19.8 Å². The van der Waals surface area contributed by atoms with Crippen LogP contribution in [0.25, 0.3) is 45.0 Å². The highest BCUT2D eigenvalue weighted by Crippen LogP contribution is 2.37. The Balaban J connectivity index is 0.000000267. The van der Waals surface area contributed by atoms with Gasteiger partial charge in [0.2, 0.25) is 17.5 Å². The summed E-state index contributed by atoms with van der Waals surface area (Å²) >= 11 is 12.9. The molecule has 0 aliphatic rings. The molecule has 0 radical (unpaired) electrons. The normalized spacial score (nSPS) is 12.4. The molecule has 6 rings (SSSR count). The van der Waals surface area contributed by atoms with Crippen molar-refractivity contribution in [3.05, 3.63) is 106 Å². The zero-order valence-electron chi connectivity index (χ0n) is 39.7. The van der Waals surface area contributed by atoms with Crippen LogP contribution in [0.5, 0.6) is 11.8 Å². The lowest BCUT2D eigenvalue weighted by molar-refractivity contribution is -0.721. The van der Waals surface area contributed by atoms with Gasteiger partial charge in [0.25, 0.3) is 5.82 Å². The van der Waals surface area contributed by atoms with Crippen LogP contribution >= 0.6 is 23.2 Å². The number of H-pyrrole nitrogens is 2. The number of hydrogen-bond donors (Lipinski definition) is 4. The molecule has 0 saturated carbocycles. The number of ether oxygens (including phenoxy) is 3. The van der Waals surface area contributed by atoms with E-state index in [9.17, 15) is 41.0 Å². The van der Waals surface area contributed by atoms with Crippen molar-refractivity contribution in [1.82, 2.24) is 24.9 Å². The molecule has 0 aliphatic carbocycles. The molecule has 4 aromatic heterocycles. The van der Waals surface area contributed by atoms with Crippen LogP contribution in [-0.2, 0) is 33.4 Å². The highest BCUT2D eigenvalue weighted by molar-refractivity contribution is 6.76. The predicted octanol–water partition coefficient (Wildman–Crippen LogP) is 12.4. The van der Waals surface area contributed by atoms with Gasteiger partial charge in [0.15, 0.2) is 6.73 Å². The summed E-state index contributed by atoms with van der Waals surface area (Å²) in [4.78, 5) is 39.5. The maximum atomic E-state index is 13.5. The van der Waals surface area contributed by atoms with Crippen molar-refractivity contribution < 1.29 is 64.9 Å². The second-order valence-electron chi connectivity index (χ2n) is 19.0. The number of carboxylic acids is 2. The number of rotatable bonds is 17. The van der Waals surface area contributed by atoms with E-state index in [1.165, 1.54) is 4.57 Å². The molecule has 0 amide bonds. The van der Waals surface area contributed by atoms with Gasteiger partial charge in [0.05, 0.1) is 32.6 Å². The minimum absolute atomic E-state index is 0.0171. The Morgan fingerprint density at radius 1 is 0.671 bits per heavy atom. The molecule has 13 nitrogen and oxygen atoms in total. The van der Waals surface area contributed by atoms with Crippen molar-refractivity contribution in [2.24, 2.45) is 10.8 Å². The molecule has 0 saturated heterocycles. The smallest absolute Gasteiger partial charge is 0.457 e. The van der Waals surface area contributed by atoms with E-state index in [0.29, 0.717) is 28.9 Å². The summed E-state index contributed by atoms with van der Waals surface area (Å²) < 4.78 is 97.1. The van der Waals surface area contributed by atoms with E-state index in [2.05, 4.69) is 44.6 Å². The van der Waals surface area contributed by atoms with Crippen LogP contribution in [0, 0.1) is 24.7 Å². The maximum absolute atomic E-state index is 13.5. The maximum Gasteiger partial charge on any atom is 0.457 e. The third kappa shape index (κ3) is 14.3. The number of halogens is 8. The quantitative estimate of drug-likeness (QED) is 0.0298. The third-order valence-electron chi connectivity index (χ3n) is 10.8. The largest absolute Gasteiger partial charge is 0.481 e.